The van der Waals surface area contributed by atoms with Crippen LogP contribution in [-0.2, 0) is 41.6 Å². The van der Waals surface area contributed by atoms with Crippen LogP contribution in [0, 0.1) is 40.4 Å². The van der Waals surface area contributed by atoms with Gasteiger partial charge in [0.05, 0.1) is 38.6 Å². The van der Waals surface area contributed by atoms with E-state index in [4.69, 9.17) is 33.5 Å². The highest BCUT2D eigenvalue weighted by molar-refractivity contribution is 8.77. The van der Waals surface area contributed by atoms with Gasteiger partial charge >= 0.3 is 18.5 Å². The van der Waals surface area contributed by atoms with Crippen LogP contribution in [0.15, 0.2) is 36.4 Å². The van der Waals surface area contributed by atoms with Crippen molar-refractivity contribution in [3.63, 3.8) is 0 Å². The predicted octanol–water partition coefficient (Wildman–Crippen LogP) is 21.6. The Morgan fingerprint density at radius 1 is 0.474 bits per heavy atom. The van der Waals surface area contributed by atoms with Crippen LogP contribution in [-0.4, -0.2) is 143 Å². The van der Waals surface area contributed by atoms with E-state index in [2.05, 4.69) is 73.9 Å². The van der Waals surface area contributed by atoms with Gasteiger partial charge in [0.25, 0.3) is 5.60 Å². The maximum absolute atomic E-state index is 13.2. The molecule has 0 radical (unpaired) electrons. The van der Waals surface area contributed by atoms with Gasteiger partial charge in [0, 0.05) is 49.4 Å². The van der Waals surface area contributed by atoms with Gasteiger partial charge in [0.2, 0.25) is 0 Å². The van der Waals surface area contributed by atoms with Crippen molar-refractivity contribution in [1.29, 1.82) is 0 Å². The Morgan fingerprint density at radius 3 is 1.43 bits per heavy atom. The zero-order chi connectivity index (χ0) is 69.7. The summed E-state index contributed by atoms with van der Waals surface area (Å²) < 4.78 is 154. The molecule has 4 saturated carbocycles. The minimum absolute atomic E-state index is 0.0410. The molecule has 0 bridgehead atoms. The number of hydrogen-bond acceptors (Lipinski definition) is 13. The van der Waals surface area contributed by atoms with Crippen LogP contribution in [0.3, 0.4) is 0 Å². The summed E-state index contributed by atoms with van der Waals surface area (Å²) >= 11 is 0. The Morgan fingerprint density at radius 2 is 0.938 bits per heavy atom. The average Bonchev–Trinajstić information content (AvgIpc) is 1.68. The quantitative estimate of drug-likeness (QED) is 0.0208. The Labute approximate surface area is 591 Å². The third kappa shape index (κ3) is 22.8. The molecule has 0 aromatic heterocycles. The molecule has 556 valence electrons. The Balaban J connectivity index is 0.540. The summed E-state index contributed by atoms with van der Waals surface area (Å²) in [6, 6.07) is 13.5. The van der Waals surface area contributed by atoms with Gasteiger partial charge in [0.1, 0.15) is 18.1 Å². The molecule has 22 heteroatoms. The van der Waals surface area contributed by atoms with Crippen molar-refractivity contribution in [2.75, 3.05) is 96.0 Å². The number of fused-ring (bicyclic) bond motifs is 10. The van der Waals surface area contributed by atoms with E-state index in [0.29, 0.717) is 74.3 Å². The van der Waals surface area contributed by atoms with E-state index in [1.165, 1.54) is 90.9 Å². The molecule has 6 aliphatic carbocycles. The molecule has 0 amide bonds. The lowest BCUT2D eigenvalue weighted by Crippen LogP contribution is -2.56. The minimum Gasteiger partial charge on any atom is -0.494 e. The van der Waals surface area contributed by atoms with Crippen molar-refractivity contribution < 1.29 is 77.7 Å². The van der Waals surface area contributed by atoms with Crippen LogP contribution in [0.5, 0.6) is 11.5 Å². The van der Waals surface area contributed by atoms with E-state index in [0.717, 1.165) is 154 Å². The minimum atomic E-state index is -5.57. The van der Waals surface area contributed by atoms with Crippen molar-refractivity contribution in [3.8, 4) is 11.5 Å². The summed E-state index contributed by atoms with van der Waals surface area (Å²) in [5.74, 6) is 10.5. The average molecular weight is 1460 g/mol. The fourth-order valence-electron chi connectivity index (χ4n) is 16.9. The second kappa shape index (κ2) is 38.5. The fraction of sp³-hybridized carbons (Fsp3) is 0.840. The molecule has 0 N–H and O–H groups in total. The summed E-state index contributed by atoms with van der Waals surface area (Å²) in [5.41, 5.74) is -0.542. The first-order valence-electron chi connectivity index (χ1n) is 36.9. The highest BCUT2D eigenvalue weighted by Crippen LogP contribution is 2.63. The number of nitrogens with zero attached hydrogens (tertiary/aromatic N) is 1. The molecule has 6 aliphatic rings. The number of halogens is 9. The van der Waals surface area contributed by atoms with Crippen molar-refractivity contribution in [2.45, 2.75) is 262 Å². The van der Waals surface area contributed by atoms with Gasteiger partial charge in [-0.1, -0.05) is 102 Å². The SMILES string of the molecule is CC(CCCSSCCCCCCOOCCCCCCSSCCCN(C)CCOc1ccc2c(c1)CCC1C2CCC2(C)C(OCCCOC(C)(C(F)(F)F)C(F)(F)F)CCC12)CCOc1ccc2c(c1)CCC1C2CCC2(C)C(OCCCOC(C)(C)C(F)(F)F)CCC12. The van der Waals surface area contributed by atoms with Crippen molar-refractivity contribution >= 4 is 43.2 Å². The summed E-state index contributed by atoms with van der Waals surface area (Å²) in [5, 5.41) is 0. The number of likely N-dealkylation sites (N-methyl/N-ethyl adjacent to an activating group) is 1. The molecule has 0 heterocycles. The topological polar surface area (TPSA) is 77.1 Å². The molecule has 11 unspecified atom stereocenters. The standard InChI is InChI=1S/C75H116F9NO8S4/c1-54(35-46-86-57-23-27-59-55(52-57)21-25-63-61(59)33-36-70(4)65(63)29-31-67(70)88-40-18-42-90-69(2,3)73(76,77)78)20-16-50-96-94-48-14-10-8-12-44-92-93-45-13-9-11-15-49-95-97-51-17-38-85(7)39-47-87-58-24-28-60-56(53-58)22-26-64-62(60)34-37-71(5)66(64)30-32-68(71)89-41-19-43-91-72(6,74(79,80)81)75(82,83)84/h23-24,27-28,52-54,61-68H,8-22,25-26,29-51H2,1-7H3. The monoisotopic (exact) mass is 1460 g/mol. The van der Waals surface area contributed by atoms with E-state index in [-0.39, 0.29) is 49.6 Å². The number of hydrogen-bond donors (Lipinski definition) is 0. The van der Waals surface area contributed by atoms with Crippen molar-refractivity contribution in [3.05, 3.63) is 58.7 Å². The zero-order valence-corrected chi connectivity index (χ0v) is 62.5. The van der Waals surface area contributed by atoms with E-state index in [9.17, 15) is 39.5 Å². The largest absolute Gasteiger partial charge is 0.494 e. The maximum atomic E-state index is 13.2. The first-order chi connectivity index (χ1) is 46.3. The van der Waals surface area contributed by atoms with Gasteiger partial charge in [-0.25, -0.2) is 9.78 Å². The molecule has 0 saturated heterocycles. The van der Waals surface area contributed by atoms with E-state index in [1.54, 1.807) is 0 Å². The third-order valence-electron chi connectivity index (χ3n) is 23.0. The Bertz CT molecular complexity index is 2610. The third-order valence-corrected chi connectivity index (χ3v) is 28.2. The van der Waals surface area contributed by atoms with Gasteiger partial charge in [-0.3, -0.25) is 0 Å². The molecule has 2 aromatic rings. The van der Waals surface area contributed by atoms with Gasteiger partial charge in [0.15, 0.2) is 5.60 Å². The van der Waals surface area contributed by atoms with Gasteiger partial charge < -0.3 is 33.3 Å². The zero-order valence-electron chi connectivity index (χ0n) is 59.2. The molecular formula is C75H116F9NO8S4. The summed E-state index contributed by atoms with van der Waals surface area (Å²) in [4.78, 5) is 13.3. The van der Waals surface area contributed by atoms with Crippen LogP contribution in [0.25, 0.3) is 0 Å². The van der Waals surface area contributed by atoms with E-state index >= 15 is 0 Å². The second-order valence-corrected chi connectivity index (χ2v) is 35.5. The van der Waals surface area contributed by atoms with Crippen LogP contribution in [0.1, 0.15) is 230 Å². The highest BCUT2D eigenvalue weighted by atomic mass is 33.1. The molecule has 0 spiro atoms. The van der Waals surface area contributed by atoms with Crippen LogP contribution in [0.2, 0.25) is 0 Å². The lowest BCUT2D eigenvalue weighted by Gasteiger charge is -2.50. The smallest absolute Gasteiger partial charge is 0.426 e. The van der Waals surface area contributed by atoms with E-state index in [1.807, 2.05) is 43.2 Å². The molecule has 9 nitrogen and oxygen atoms in total. The van der Waals surface area contributed by atoms with Crippen molar-refractivity contribution in [2.24, 2.45) is 40.4 Å². The number of rotatable bonds is 45. The van der Waals surface area contributed by atoms with Crippen LogP contribution in [0.4, 0.5) is 39.5 Å². The van der Waals surface area contributed by atoms with Gasteiger partial charge in [-0.15, -0.1) is 0 Å². The first kappa shape index (κ1) is 81.2. The van der Waals surface area contributed by atoms with Gasteiger partial charge in [-0.2, -0.15) is 39.5 Å². The first-order valence-corrected chi connectivity index (χ1v) is 41.9. The molecule has 8 rings (SSSR count). The Hall–Kier alpha value is -1.47. The maximum Gasteiger partial charge on any atom is 0.426 e. The van der Waals surface area contributed by atoms with Gasteiger partial charge in [-0.05, 0) is 274 Å². The number of benzene rings is 2. The molecular weight excluding hydrogens is 1340 g/mol. The highest BCUT2D eigenvalue weighted by Gasteiger charge is 2.69. The predicted molar refractivity (Wildman–Crippen MR) is 378 cm³/mol. The van der Waals surface area contributed by atoms with Crippen LogP contribution >= 0.6 is 43.2 Å². The summed E-state index contributed by atoms with van der Waals surface area (Å²) in [6.07, 6.45) is 11.6. The lowest BCUT2D eigenvalue weighted by atomic mass is 9.55. The van der Waals surface area contributed by atoms with E-state index < -0.39 is 36.3 Å². The molecule has 11 atom stereocenters. The number of unbranched alkanes of at least 4 members (excludes halogenated alkanes) is 6. The molecule has 0 aliphatic heterocycles. The molecule has 97 heavy (non-hydrogen) atoms. The number of ether oxygens (including phenoxy) is 6. The molecule has 4 fully saturated rings. The summed E-state index contributed by atoms with van der Waals surface area (Å²) in [7, 11) is 10.1. The number of alkyl halides is 9. The summed E-state index contributed by atoms with van der Waals surface area (Å²) in [6.45, 7) is 13.7. The normalized spacial score (nSPS) is 26.1. The molecule has 2 aromatic carbocycles. The fourth-order valence-corrected chi connectivity index (χ4v) is 21.3. The number of aryl methyl sites for hydroxylation is 2. The lowest BCUT2D eigenvalue weighted by molar-refractivity contribution is -0.374. The van der Waals surface area contributed by atoms with Crippen molar-refractivity contribution in [1.82, 2.24) is 4.90 Å². The van der Waals surface area contributed by atoms with Crippen LogP contribution < -0.4 is 9.47 Å². The Kier molecular flexibility index (Phi) is 32.2. The second-order valence-electron chi connectivity index (χ2n) is 30.1.